The maximum Gasteiger partial charge on any atom is 0.274 e. The molecule has 1 aliphatic heterocycles. The first-order valence-corrected chi connectivity index (χ1v) is 5.73. The zero-order valence-corrected chi connectivity index (χ0v) is 10.1. The summed E-state index contributed by atoms with van der Waals surface area (Å²) in [5.41, 5.74) is 2.75. The minimum Gasteiger partial charge on any atom is -0.334 e. The fourth-order valence-corrected chi connectivity index (χ4v) is 2.25. The van der Waals surface area contributed by atoms with Gasteiger partial charge in [0.05, 0.1) is 0 Å². The number of hydrazine groups is 1. The van der Waals surface area contributed by atoms with Gasteiger partial charge in [-0.2, -0.15) is 0 Å². The summed E-state index contributed by atoms with van der Waals surface area (Å²) >= 11 is 0. The number of aromatic nitrogens is 2. The Bertz CT molecular complexity index is 405. The number of carbonyl (C=O) groups is 1. The number of anilines is 1. The molecule has 17 heavy (non-hydrogen) atoms. The molecule has 1 amide bonds. The van der Waals surface area contributed by atoms with Crippen molar-refractivity contribution in [2.24, 2.45) is 11.8 Å². The molecule has 1 saturated heterocycles. The van der Waals surface area contributed by atoms with Crippen LogP contribution in [0, 0.1) is 5.92 Å². The Labute approximate surface area is 100 Å². The van der Waals surface area contributed by atoms with E-state index in [4.69, 9.17) is 5.84 Å². The highest BCUT2D eigenvalue weighted by atomic mass is 16.2. The highest BCUT2D eigenvalue weighted by Crippen LogP contribution is 2.23. The first-order chi connectivity index (χ1) is 8.11. The summed E-state index contributed by atoms with van der Waals surface area (Å²) in [4.78, 5) is 14.0. The fourth-order valence-electron chi connectivity index (χ4n) is 2.25. The van der Waals surface area contributed by atoms with Gasteiger partial charge in [-0.25, -0.2) is 5.84 Å². The molecule has 0 bridgehead atoms. The molecule has 2 heterocycles. The van der Waals surface area contributed by atoms with Crippen LogP contribution in [0.15, 0.2) is 12.1 Å². The Kier molecular flexibility index (Phi) is 3.23. The number of nitrogens with two attached hydrogens (primary N) is 1. The summed E-state index contributed by atoms with van der Waals surface area (Å²) in [7, 11) is 0. The van der Waals surface area contributed by atoms with Crippen LogP contribution >= 0.6 is 0 Å². The SMILES string of the molecule is CC1CC(C)N(C(=O)c2ccc(NN)nn2)C1. The van der Waals surface area contributed by atoms with Crippen LogP contribution in [0.25, 0.3) is 0 Å². The summed E-state index contributed by atoms with van der Waals surface area (Å²) in [6.07, 6.45) is 1.04. The minimum absolute atomic E-state index is 0.0575. The molecule has 1 fully saturated rings. The third kappa shape index (κ3) is 2.36. The smallest absolute Gasteiger partial charge is 0.274 e. The van der Waals surface area contributed by atoms with Crippen molar-refractivity contribution in [2.45, 2.75) is 26.3 Å². The largest absolute Gasteiger partial charge is 0.334 e. The van der Waals surface area contributed by atoms with Gasteiger partial charge >= 0.3 is 0 Å². The molecule has 0 aromatic carbocycles. The second-order valence-corrected chi connectivity index (χ2v) is 4.60. The van der Waals surface area contributed by atoms with Crippen molar-refractivity contribution >= 4 is 11.7 Å². The third-order valence-electron chi connectivity index (χ3n) is 3.08. The van der Waals surface area contributed by atoms with Crippen LogP contribution in [-0.2, 0) is 0 Å². The first-order valence-electron chi connectivity index (χ1n) is 5.73. The van der Waals surface area contributed by atoms with Gasteiger partial charge in [0.2, 0.25) is 0 Å². The second kappa shape index (κ2) is 4.67. The van der Waals surface area contributed by atoms with Gasteiger partial charge in [0, 0.05) is 12.6 Å². The minimum atomic E-state index is -0.0575. The molecule has 6 nitrogen and oxygen atoms in total. The Hall–Kier alpha value is -1.69. The van der Waals surface area contributed by atoms with Crippen LogP contribution in [0.5, 0.6) is 0 Å². The van der Waals surface area contributed by atoms with Gasteiger partial charge in [0.15, 0.2) is 11.5 Å². The monoisotopic (exact) mass is 235 g/mol. The lowest BCUT2D eigenvalue weighted by Crippen LogP contribution is -2.34. The Balaban J connectivity index is 2.13. The lowest BCUT2D eigenvalue weighted by molar-refractivity contribution is 0.0736. The van der Waals surface area contributed by atoms with Gasteiger partial charge in [-0.3, -0.25) is 4.79 Å². The van der Waals surface area contributed by atoms with Crippen molar-refractivity contribution in [3.8, 4) is 0 Å². The van der Waals surface area contributed by atoms with Crippen LogP contribution in [-0.4, -0.2) is 33.6 Å². The molecule has 6 heteroatoms. The molecule has 2 rings (SSSR count). The summed E-state index contributed by atoms with van der Waals surface area (Å²) < 4.78 is 0. The van der Waals surface area contributed by atoms with Gasteiger partial charge in [0.25, 0.3) is 5.91 Å². The predicted molar refractivity (Wildman–Crippen MR) is 64.1 cm³/mol. The zero-order chi connectivity index (χ0) is 12.4. The van der Waals surface area contributed by atoms with Gasteiger partial charge < -0.3 is 10.3 Å². The Morgan fingerprint density at radius 2 is 2.24 bits per heavy atom. The number of nitrogens with one attached hydrogen (secondary N) is 1. The molecule has 2 atom stereocenters. The van der Waals surface area contributed by atoms with Crippen molar-refractivity contribution in [2.75, 3.05) is 12.0 Å². The highest BCUT2D eigenvalue weighted by Gasteiger charge is 2.31. The Morgan fingerprint density at radius 1 is 1.47 bits per heavy atom. The Morgan fingerprint density at radius 3 is 2.71 bits per heavy atom. The van der Waals surface area contributed by atoms with Crippen LogP contribution in [0.1, 0.15) is 30.8 Å². The molecular formula is C11H17N5O. The topological polar surface area (TPSA) is 84.1 Å². The van der Waals surface area contributed by atoms with Gasteiger partial charge in [-0.1, -0.05) is 6.92 Å². The summed E-state index contributed by atoms with van der Waals surface area (Å²) in [6, 6.07) is 3.55. The predicted octanol–water partition coefficient (Wildman–Crippen LogP) is 0.633. The third-order valence-corrected chi connectivity index (χ3v) is 3.08. The van der Waals surface area contributed by atoms with Gasteiger partial charge in [-0.05, 0) is 31.4 Å². The molecule has 92 valence electrons. The molecule has 0 spiro atoms. The number of hydrogen-bond donors (Lipinski definition) is 2. The van der Waals surface area contributed by atoms with Crippen molar-refractivity contribution in [3.63, 3.8) is 0 Å². The van der Waals surface area contributed by atoms with E-state index >= 15 is 0 Å². The van der Waals surface area contributed by atoms with Crippen LogP contribution < -0.4 is 11.3 Å². The van der Waals surface area contributed by atoms with E-state index in [0.29, 0.717) is 17.4 Å². The van der Waals surface area contributed by atoms with Crippen molar-refractivity contribution < 1.29 is 4.79 Å². The average molecular weight is 235 g/mol. The van der Waals surface area contributed by atoms with E-state index in [2.05, 4.69) is 29.5 Å². The molecule has 2 unspecified atom stereocenters. The number of amides is 1. The van der Waals surface area contributed by atoms with E-state index in [1.165, 1.54) is 0 Å². The van der Waals surface area contributed by atoms with Crippen molar-refractivity contribution in [3.05, 3.63) is 17.8 Å². The van der Waals surface area contributed by atoms with E-state index in [1.54, 1.807) is 12.1 Å². The van der Waals surface area contributed by atoms with E-state index in [1.807, 2.05) is 4.90 Å². The molecule has 1 aromatic heterocycles. The maximum atomic E-state index is 12.2. The van der Waals surface area contributed by atoms with E-state index in [9.17, 15) is 4.79 Å². The summed E-state index contributed by atoms with van der Waals surface area (Å²) in [5.74, 6) is 6.13. The average Bonchev–Trinajstić information content (AvgIpc) is 2.68. The number of likely N-dealkylation sites (tertiary alicyclic amines) is 1. The highest BCUT2D eigenvalue weighted by molar-refractivity contribution is 5.92. The quantitative estimate of drug-likeness (QED) is 0.580. The lowest BCUT2D eigenvalue weighted by atomic mass is 10.1. The fraction of sp³-hybridized carbons (Fsp3) is 0.545. The summed E-state index contributed by atoms with van der Waals surface area (Å²) in [5, 5.41) is 7.67. The molecule has 1 aliphatic rings. The van der Waals surface area contributed by atoms with Crippen LogP contribution in [0.2, 0.25) is 0 Å². The second-order valence-electron chi connectivity index (χ2n) is 4.60. The number of rotatable bonds is 2. The van der Waals surface area contributed by atoms with Crippen molar-refractivity contribution in [1.82, 2.24) is 15.1 Å². The van der Waals surface area contributed by atoms with Crippen LogP contribution in [0.3, 0.4) is 0 Å². The molecule has 1 aromatic rings. The number of nitrogens with zero attached hydrogens (tertiary/aromatic N) is 3. The van der Waals surface area contributed by atoms with Gasteiger partial charge in [0.1, 0.15) is 0 Å². The van der Waals surface area contributed by atoms with E-state index in [-0.39, 0.29) is 11.9 Å². The first kappa shape index (κ1) is 11.8. The van der Waals surface area contributed by atoms with E-state index < -0.39 is 0 Å². The zero-order valence-electron chi connectivity index (χ0n) is 10.1. The number of carbonyl (C=O) groups excluding carboxylic acids is 1. The number of nitrogen functional groups attached to an aromatic ring is 1. The van der Waals surface area contributed by atoms with Gasteiger partial charge in [-0.15, -0.1) is 10.2 Å². The lowest BCUT2D eigenvalue weighted by Gasteiger charge is -2.20. The summed E-state index contributed by atoms with van der Waals surface area (Å²) in [6.45, 7) is 5.00. The van der Waals surface area contributed by atoms with Crippen LogP contribution in [0.4, 0.5) is 5.82 Å². The standard InChI is InChI=1S/C11H17N5O/c1-7-5-8(2)16(6-7)11(17)9-3-4-10(13-12)15-14-9/h3-4,7-8H,5-6,12H2,1-2H3,(H,13,15). The molecule has 3 N–H and O–H groups in total. The number of hydrogen-bond acceptors (Lipinski definition) is 5. The molecular weight excluding hydrogens is 218 g/mol. The van der Waals surface area contributed by atoms with E-state index in [0.717, 1.165) is 13.0 Å². The normalized spacial score (nSPS) is 23.8. The maximum absolute atomic E-state index is 12.2. The van der Waals surface area contributed by atoms with Crippen molar-refractivity contribution in [1.29, 1.82) is 0 Å². The molecule has 0 radical (unpaired) electrons. The molecule has 0 saturated carbocycles. The molecule has 0 aliphatic carbocycles.